The molecule has 0 aliphatic carbocycles. The molecule has 0 saturated carbocycles. The Morgan fingerprint density at radius 2 is 2.00 bits per heavy atom. The van der Waals surface area contributed by atoms with Crippen molar-refractivity contribution in [2.75, 3.05) is 31.3 Å². The highest BCUT2D eigenvalue weighted by Crippen LogP contribution is 2.35. The number of likely N-dealkylation sites (tertiary alicyclic amines) is 1. The number of nitrogens with one attached hydrogen (secondary N) is 1. The number of nitrogens with zero attached hydrogens (tertiary/aromatic N) is 4. The van der Waals surface area contributed by atoms with Crippen LogP contribution < -0.4 is 15.8 Å². The molecular weight excluding hydrogens is 500 g/mol. The van der Waals surface area contributed by atoms with Gasteiger partial charge in [-0.25, -0.2) is 9.67 Å². The molecule has 1 fully saturated rings. The van der Waals surface area contributed by atoms with Crippen molar-refractivity contribution in [3.05, 3.63) is 42.2 Å². The number of carbonyl (C=O) groups is 2. The van der Waals surface area contributed by atoms with E-state index in [2.05, 4.69) is 42.0 Å². The number of ether oxygens (including phenoxy) is 2. The maximum atomic E-state index is 13.5. The molecule has 0 bridgehead atoms. The van der Waals surface area contributed by atoms with E-state index in [1.807, 2.05) is 24.3 Å². The van der Waals surface area contributed by atoms with Gasteiger partial charge in [0.1, 0.15) is 18.3 Å². The Hall–Kier alpha value is -3.44. The Balaban J connectivity index is 1.55. The van der Waals surface area contributed by atoms with Crippen LogP contribution in [0.25, 0.3) is 10.9 Å². The van der Waals surface area contributed by atoms with E-state index in [1.54, 1.807) is 22.9 Å². The number of anilines is 2. The number of rotatable bonds is 8. The quantitative estimate of drug-likeness (QED) is 0.249. The van der Waals surface area contributed by atoms with Gasteiger partial charge in [0.05, 0.1) is 42.1 Å². The third-order valence-corrected chi connectivity index (χ3v) is 8.62. The van der Waals surface area contributed by atoms with E-state index < -0.39 is 19.9 Å². The molecule has 1 aromatic carbocycles. The van der Waals surface area contributed by atoms with Crippen LogP contribution in [0, 0.1) is 5.92 Å². The number of methoxy groups -OCH3 is 1. The molecule has 3 heterocycles. The lowest BCUT2D eigenvalue weighted by molar-refractivity contribution is -0.146. The van der Waals surface area contributed by atoms with Crippen LogP contribution in [0.1, 0.15) is 31.4 Å². The Kier molecular flexibility index (Phi) is 8.37. The fraction of sp³-hybridized carbons (Fsp3) is 0.481. The molecule has 0 radical (unpaired) electrons. The zero-order valence-corrected chi connectivity index (χ0v) is 23.9. The minimum atomic E-state index is -1.24. The normalized spacial score (nSPS) is 18.0. The maximum absolute atomic E-state index is 13.5. The first-order chi connectivity index (χ1) is 18.1. The second-order valence-corrected chi connectivity index (χ2v) is 16.8. The van der Waals surface area contributed by atoms with Crippen LogP contribution in [0.2, 0.25) is 25.7 Å². The third kappa shape index (κ3) is 6.33. The number of pyridine rings is 1. The molecule has 4 rings (SSSR count). The molecular formula is C27H38N6O4Si. The van der Waals surface area contributed by atoms with Crippen molar-refractivity contribution < 1.29 is 19.1 Å². The van der Waals surface area contributed by atoms with Gasteiger partial charge in [0, 0.05) is 21.2 Å². The van der Waals surface area contributed by atoms with Gasteiger partial charge in [0.25, 0.3) is 0 Å². The van der Waals surface area contributed by atoms with E-state index in [9.17, 15) is 9.59 Å². The van der Waals surface area contributed by atoms with E-state index in [4.69, 9.17) is 15.2 Å². The fourth-order valence-corrected chi connectivity index (χ4v) is 5.48. The Bertz CT molecular complexity index is 1300. The highest BCUT2D eigenvalue weighted by atomic mass is 28.3. The molecule has 3 aromatic rings. The van der Waals surface area contributed by atoms with Crippen molar-refractivity contribution >= 4 is 42.3 Å². The number of carbonyl (C=O) groups excluding carboxylic acids is 2. The van der Waals surface area contributed by atoms with Crippen molar-refractivity contribution in [3.63, 3.8) is 0 Å². The topological polar surface area (TPSA) is 125 Å². The second kappa shape index (κ2) is 11.5. The molecule has 10 nitrogen and oxygen atoms in total. The third-order valence-electron chi connectivity index (χ3n) is 6.91. The van der Waals surface area contributed by atoms with Gasteiger partial charge in [-0.05, 0) is 42.5 Å². The van der Waals surface area contributed by atoms with Gasteiger partial charge in [-0.2, -0.15) is 5.10 Å². The molecule has 2 atom stereocenters. The van der Waals surface area contributed by atoms with Crippen LogP contribution in [-0.4, -0.2) is 59.8 Å². The van der Waals surface area contributed by atoms with Crippen LogP contribution in [-0.2, 0) is 21.1 Å². The van der Waals surface area contributed by atoms with Crippen molar-refractivity contribution in [1.29, 1.82) is 0 Å². The van der Waals surface area contributed by atoms with Gasteiger partial charge in [-0.3, -0.25) is 9.59 Å². The summed E-state index contributed by atoms with van der Waals surface area (Å²) in [6.45, 7) is 10.3. The van der Waals surface area contributed by atoms with Gasteiger partial charge in [0.2, 0.25) is 0 Å². The summed E-state index contributed by atoms with van der Waals surface area (Å²) in [7, 11) is 0.378. The maximum Gasteiger partial charge on any atom is 0.314 e. The number of piperidine rings is 1. The molecule has 1 aliphatic heterocycles. The predicted molar refractivity (Wildman–Crippen MR) is 151 cm³/mol. The monoisotopic (exact) mass is 538 g/mol. The van der Waals surface area contributed by atoms with E-state index in [0.717, 1.165) is 24.4 Å². The molecule has 1 aliphatic rings. The first-order valence-electron chi connectivity index (χ1n) is 13.0. The highest BCUT2D eigenvalue weighted by Gasteiger charge is 2.34. The summed E-state index contributed by atoms with van der Waals surface area (Å²) >= 11 is 0. The average Bonchev–Trinajstić information content (AvgIpc) is 3.32. The average molecular weight is 539 g/mol. The number of nitrogens with two attached hydrogens (primary N) is 1. The summed E-state index contributed by atoms with van der Waals surface area (Å²) in [6, 6.07) is 8.47. The molecule has 1 saturated heterocycles. The lowest BCUT2D eigenvalue weighted by Gasteiger charge is -2.38. The number of benzene rings is 1. The van der Waals surface area contributed by atoms with Crippen LogP contribution in [0.5, 0.6) is 5.75 Å². The van der Waals surface area contributed by atoms with E-state index in [0.29, 0.717) is 41.3 Å². The standard InChI is InChI=1S/C27H38N6O4Si/c1-18-9-10-23(19-7-6-8-20(13-19)36-2)32(16-18)27(35)26(34)31-22-15-29-25(28)21-14-30-33(24(21)22)17-37-11-12-38(3,4)5/h6-8,13-15,18,23H,9-12,16-17H2,1-5H3,(H2,28,29)(H,31,34). The van der Waals surface area contributed by atoms with Gasteiger partial charge in [-0.1, -0.05) is 38.7 Å². The summed E-state index contributed by atoms with van der Waals surface area (Å²) < 4.78 is 12.9. The zero-order valence-electron chi connectivity index (χ0n) is 22.9. The summed E-state index contributed by atoms with van der Waals surface area (Å²) in [6.07, 6.45) is 4.79. The molecule has 0 spiro atoms. The van der Waals surface area contributed by atoms with Crippen LogP contribution in [0.3, 0.4) is 0 Å². The summed E-state index contributed by atoms with van der Waals surface area (Å²) in [5.74, 6) is -0.0263. The fourth-order valence-electron chi connectivity index (χ4n) is 4.72. The SMILES string of the molecule is COc1cccc(C2CCC(C)CN2C(=O)C(=O)Nc2cnc(N)c3cnn(COCC[Si](C)(C)C)c23)c1. The van der Waals surface area contributed by atoms with Crippen LogP contribution >= 0.6 is 0 Å². The van der Waals surface area contributed by atoms with Gasteiger partial charge in [0.15, 0.2) is 0 Å². The van der Waals surface area contributed by atoms with Crippen molar-refractivity contribution in [3.8, 4) is 5.75 Å². The summed E-state index contributed by atoms with van der Waals surface area (Å²) in [5.41, 5.74) is 7.96. The molecule has 11 heteroatoms. The van der Waals surface area contributed by atoms with E-state index in [1.165, 1.54) is 6.20 Å². The van der Waals surface area contributed by atoms with Crippen molar-refractivity contribution in [1.82, 2.24) is 19.7 Å². The van der Waals surface area contributed by atoms with E-state index >= 15 is 0 Å². The number of fused-ring (bicyclic) bond motifs is 1. The minimum absolute atomic E-state index is 0.204. The number of hydrogen-bond acceptors (Lipinski definition) is 7. The van der Waals surface area contributed by atoms with Crippen molar-refractivity contribution in [2.24, 2.45) is 5.92 Å². The summed E-state index contributed by atoms with van der Waals surface area (Å²) in [4.78, 5) is 32.7. The lowest BCUT2D eigenvalue weighted by Crippen LogP contribution is -2.46. The first kappa shape index (κ1) is 27.6. The molecule has 3 N–H and O–H groups in total. The van der Waals surface area contributed by atoms with Crippen LogP contribution in [0.4, 0.5) is 11.5 Å². The van der Waals surface area contributed by atoms with Gasteiger partial charge in [-0.15, -0.1) is 0 Å². The van der Waals surface area contributed by atoms with Crippen molar-refractivity contribution in [2.45, 2.75) is 58.2 Å². The Labute approximate surface area is 224 Å². The number of nitrogen functional groups attached to an aromatic ring is 1. The molecule has 38 heavy (non-hydrogen) atoms. The molecule has 2 aromatic heterocycles. The van der Waals surface area contributed by atoms with Crippen LogP contribution in [0.15, 0.2) is 36.7 Å². The molecule has 2 unspecified atom stereocenters. The highest BCUT2D eigenvalue weighted by molar-refractivity contribution is 6.76. The molecule has 204 valence electrons. The second-order valence-electron chi connectivity index (χ2n) is 11.2. The minimum Gasteiger partial charge on any atom is -0.497 e. The largest absolute Gasteiger partial charge is 0.497 e. The zero-order chi connectivity index (χ0) is 27.4. The van der Waals surface area contributed by atoms with Gasteiger partial charge >= 0.3 is 11.8 Å². The lowest BCUT2D eigenvalue weighted by atomic mass is 9.89. The molecule has 2 amide bonds. The smallest absolute Gasteiger partial charge is 0.314 e. The number of hydrogen-bond donors (Lipinski definition) is 2. The Morgan fingerprint density at radius 3 is 2.74 bits per heavy atom. The number of amides is 2. The van der Waals surface area contributed by atoms with Gasteiger partial charge < -0.3 is 25.4 Å². The first-order valence-corrected chi connectivity index (χ1v) is 16.7. The number of aromatic nitrogens is 3. The van der Waals surface area contributed by atoms with E-state index in [-0.39, 0.29) is 18.7 Å². The predicted octanol–water partition coefficient (Wildman–Crippen LogP) is 4.27. The summed E-state index contributed by atoms with van der Waals surface area (Å²) in [5, 5.41) is 7.76. The Morgan fingerprint density at radius 1 is 1.21 bits per heavy atom.